The molecule has 1 fully saturated rings. The van der Waals surface area contributed by atoms with Gasteiger partial charge in [0.15, 0.2) is 5.69 Å². The number of carbonyl (C=O) groups is 1. The standard InChI is InChI=1S/C27H33N5O3S/c28-36(34,35)23-12-9-20(10-13-23)15-16-29-21-11-14-25-24(19-21)26(27(33)31-17-5-2-6-18-31)30-32(25)22-7-3-1-4-8-22/h1,3-4,7-10,12-13,21,29H,2,5-6,11,14-19H2,(H2,28,34,35). The number of benzene rings is 2. The van der Waals surface area contributed by atoms with Gasteiger partial charge >= 0.3 is 0 Å². The van der Waals surface area contributed by atoms with Crippen LogP contribution in [0.2, 0.25) is 0 Å². The molecule has 1 atom stereocenters. The highest BCUT2D eigenvalue weighted by molar-refractivity contribution is 7.89. The van der Waals surface area contributed by atoms with Gasteiger partial charge in [0, 0.05) is 30.4 Å². The molecule has 190 valence electrons. The van der Waals surface area contributed by atoms with Gasteiger partial charge in [-0.25, -0.2) is 18.2 Å². The first-order valence-corrected chi connectivity index (χ1v) is 14.3. The highest BCUT2D eigenvalue weighted by Gasteiger charge is 2.31. The molecule has 1 unspecified atom stereocenters. The van der Waals surface area contributed by atoms with E-state index in [4.69, 9.17) is 10.2 Å². The number of sulfonamides is 1. The summed E-state index contributed by atoms with van der Waals surface area (Å²) in [5.74, 6) is 0.0521. The zero-order chi connectivity index (χ0) is 25.1. The van der Waals surface area contributed by atoms with Crippen LogP contribution in [0.4, 0.5) is 0 Å². The number of nitrogens with two attached hydrogens (primary N) is 1. The van der Waals surface area contributed by atoms with Crippen LogP contribution in [-0.4, -0.2) is 54.7 Å². The van der Waals surface area contributed by atoms with Crippen molar-refractivity contribution in [1.82, 2.24) is 20.0 Å². The second kappa shape index (κ2) is 10.5. The summed E-state index contributed by atoms with van der Waals surface area (Å²) in [5.41, 5.74) is 4.83. The van der Waals surface area contributed by atoms with E-state index in [0.717, 1.165) is 80.7 Å². The molecule has 0 bridgehead atoms. The number of carbonyl (C=O) groups excluding carboxylic acids is 1. The molecule has 0 radical (unpaired) electrons. The number of aromatic nitrogens is 2. The number of nitrogens with one attached hydrogen (secondary N) is 1. The van der Waals surface area contributed by atoms with Gasteiger partial charge in [0.05, 0.1) is 10.6 Å². The maximum Gasteiger partial charge on any atom is 0.274 e. The van der Waals surface area contributed by atoms with Crippen LogP contribution >= 0.6 is 0 Å². The van der Waals surface area contributed by atoms with Crippen LogP contribution in [0, 0.1) is 0 Å². The number of piperidine rings is 1. The van der Waals surface area contributed by atoms with Gasteiger partial charge < -0.3 is 10.2 Å². The van der Waals surface area contributed by atoms with Gasteiger partial charge in [-0.05, 0) is 81.3 Å². The van der Waals surface area contributed by atoms with E-state index in [-0.39, 0.29) is 16.8 Å². The largest absolute Gasteiger partial charge is 0.337 e. The molecule has 5 rings (SSSR count). The molecule has 9 heteroatoms. The Bertz CT molecular complexity index is 1310. The fourth-order valence-electron chi connectivity index (χ4n) is 5.26. The molecule has 1 saturated heterocycles. The van der Waals surface area contributed by atoms with Gasteiger partial charge in [0.2, 0.25) is 10.0 Å². The molecule has 2 heterocycles. The molecule has 3 aromatic rings. The summed E-state index contributed by atoms with van der Waals surface area (Å²) in [6.45, 7) is 2.37. The Morgan fingerprint density at radius 1 is 1.03 bits per heavy atom. The van der Waals surface area contributed by atoms with E-state index in [1.165, 1.54) is 6.42 Å². The first-order valence-electron chi connectivity index (χ1n) is 12.7. The second-order valence-corrected chi connectivity index (χ2v) is 11.3. The van der Waals surface area contributed by atoms with Gasteiger partial charge in [0.1, 0.15) is 0 Å². The van der Waals surface area contributed by atoms with E-state index in [1.54, 1.807) is 24.3 Å². The number of likely N-dealkylation sites (tertiary alicyclic amines) is 1. The first-order chi connectivity index (χ1) is 17.4. The van der Waals surface area contributed by atoms with Gasteiger partial charge in [-0.15, -0.1) is 0 Å². The lowest BCUT2D eigenvalue weighted by Gasteiger charge is -2.27. The zero-order valence-corrected chi connectivity index (χ0v) is 21.2. The number of amides is 1. The predicted octanol–water partition coefficient (Wildman–Crippen LogP) is 2.84. The summed E-state index contributed by atoms with van der Waals surface area (Å²) in [6, 6.07) is 17.0. The van der Waals surface area contributed by atoms with Crippen molar-refractivity contribution in [3.63, 3.8) is 0 Å². The Hall–Kier alpha value is -3.01. The molecule has 2 aromatic carbocycles. The average molecular weight is 508 g/mol. The van der Waals surface area contributed by atoms with E-state index >= 15 is 0 Å². The monoisotopic (exact) mass is 507 g/mol. The fraction of sp³-hybridized carbons (Fsp3) is 0.407. The fourth-order valence-corrected chi connectivity index (χ4v) is 5.77. The van der Waals surface area contributed by atoms with Gasteiger partial charge in [-0.1, -0.05) is 30.3 Å². The quantitative estimate of drug-likeness (QED) is 0.511. The molecule has 3 N–H and O–H groups in total. The summed E-state index contributed by atoms with van der Waals surface area (Å²) in [6.07, 6.45) is 6.64. The molecule has 8 nitrogen and oxygen atoms in total. The number of fused-ring (bicyclic) bond motifs is 1. The third kappa shape index (κ3) is 5.38. The van der Waals surface area contributed by atoms with Crippen LogP contribution < -0.4 is 10.5 Å². The molecule has 1 aliphatic heterocycles. The average Bonchev–Trinajstić information content (AvgIpc) is 3.28. The van der Waals surface area contributed by atoms with E-state index in [9.17, 15) is 13.2 Å². The molecule has 0 spiro atoms. The molecular weight excluding hydrogens is 474 g/mol. The molecule has 1 aliphatic carbocycles. The number of rotatable bonds is 7. The highest BCUT2D eigenvalue weighted by Crippen LogP contribution is 2.29. The predicted molar refractivity (Wildman–Crippen MR) is 139 cm³/mol. The minimum atomic E-state index is -3.68. The van der Waals surface area contributed by atoms with Crippen molar-refractivity contribution >= 4 is 15.9 Å². The minimum absolute atomic E-state index is 0.0521. The third-order valence-corrected chi connectivity index (χ3v) is 8.14. The number of nitrogens with zero attached hydrogens (tertiary/aromatic N) is 3. The first kappa shape index (κ1) is 24.7. The number of primary sulfonamides is 1. The summed E-state index contributed by atoms with van der Waals surface area (Å²) in [5, 5.41) is 13.7. The Morgan fingerprint density at radius 2 is 1.75 bits per heavy atom. The van der Waals surface area contributed by atoms with Crippen molar-refractivity contribution in [2.24, 2.45) is 5.14 Å². The topological polar surface area (TPSA) is 110 Å². The SMILES string of the molecule is NS(=O)(=O)c1ccc(CCNC2CCc3c(c(C(=O)N4CCCCC4)nn3-c3ccccc3)C2)cc1. The lowest BCUT2D eigenvalue weighted by molar-refractivity contribution is 0.0716. The van der Waals surface area contributed by atoms with Gasteiger partial charge in [0.25, 0.3) is 5.91 Å². The van der Waals surface area contributed by atoms with Crippen molar-refractivity contribution in [2.45, 2.75) is 55.9 Å². The van der Waals surface area contributed by atoms with E-state index < -0.39 is 10.0 Å². The smallest absolute Gasteiger partial charge is 0.274 e. The Balaban J connectivity index is 1.31. The molecule has 2 aliphatic rings. The van der Waals surface area contributed by atoms with E-state index in [1.807, 2.05) is 39.9 Å². The lowest BCUT2D eigenvalue weighted by atomic mass is 9.90. The van der Waals surface area contributed by atoms with Crippen LogP contribution in [-0.2, 0) is 29.3 Å². The summed E-state index contributed by atoms with van der Waals surface area (Å²) >= 11 is 0. The van der Waals surface area contributed by atoms with Crippen molar-refractivity contribution in [3.8, 4) is 5.69 Å². The van der Waals surface area contributed by atoms with Gasteiger partial charge in [-0.3, -0.25) is 4.79 Å². The van der Waals surface area contributed by atoms with Crippen molar-refractivity contribution in [2.75, 3.05) is 19.6 Å². The van der Waals surface area contributed by atoms with Crippen LogP contribution in [0.3, 0.4) is 0 Å². The molecule has 1 aromatic heterocycles. The molecule has 1 amide bonds. The van der Waals surface area contributed by atoms with Gasteiger partial charge in [-0.2, -0.15) is 5.10 Å². The Morgan fingerprint density at radius 3 is 2.44 bits per heavy atom. The molecule has 36 heavy (non-hydrogen) atoms. The maximum atomic E-state index is 13.5. The molecular formula is C27H33N5O3S. The normalized spacial score (nSPS) is 18.1. The van der Waals surface area contributed by atoms with Crippen molar-refractivity contribution < 1.29 is 13.2 Å². The summed E-state index contributed by atoms with van der Waals surface area (Å²) in [7, 11) is -3.68. The minimum Gasteiger partial charge on any atom is -0.337 e. The second-order valence-electron chi connectivity index (χ2n) is 9.71. The molecule has 0 saturated carbocycles. The third-order valence-electron chi connectivity index (χ3n) is 7.22. The zero-order valence-electron chi connectivity index (χ0n) is 20.4. The van der Waals surface area contributed by atoms with Crippen LogP contribution in [0.25, 0.3) is 5.69 Å². The maximum absolute atomic E-state index is 13.5. The van der Waals surface area contributed by atoms with Crippen molar-refractivity contribution in [1.29, 1.82) is 0 Å². The lowest BCUT2D eigenvalue weighted by Crippen LogP contribution is -2.38. The number of hydrogen-bond donors (Lipinski definition) is 2. The van der Waals surface area contributed by atoms with Crippen LogP contribution in [0.5, 0.6) is 0 Å². The summed E-state index contributed by atoms with van der Waals surface area (Å²) < 4.78 is 24.9. The highest BCUT2D eigenvalue weighted by atomic mass is 32.2. The number of para-hydroxylation sites is 1. The Labute approximate surface area is 212 Å². The van der Waals surface area contributed by atoms with Crippen LogP contribution in [0.15, 0.2) is 59.5 Å². The van der Waals surface area contributed by atoms with Crippen molar-refractivity contribution in [3.05, 3.63) is 77.1 Å². The van der Waals surface area contributed by atoms with E-state index in [2.05, 4.69) is 5.32 Å². The number of hydrogen-bond acceptors (Lipinski definition) is 5. The van der Waals surface area contributed by atoms with Crippen LogP contribution in [0.1, 0.15) is 53.0 Å². The summed E-state index contributed by atoms with van der Waals surface area (Å²) in [4.78, 5) is 15.6. The van der Waals surface area contributed by atoms with E-state index in [0.29, 0.717) is 5.69 Å². The Kier molecular flexibility index (Phi) is 7.22.